The van der Waals surface area contributed by atoms with Crippen molar-refractivity contribution in [2.24, 2.45) is 0 Å². The third kappa shape index (κ3) is 5.31. The number of aryl methyl sites for hydroxylation is 1. The second-order valence-electron chi connectivity index (χ2n) is 8.34. The SMILES string of the molecule is CCc1ccccc1N(CC(=O)N[C@H]1CC(C)(C)Oc2cc(OC)ccc21)S(C)(=O)=O. The predicted molar refractivity (Wildman–Crippen MR) is 121 cm³/mol. The summed E-state index contributed by atoms with van der Waals surface area (Å²) in [7, 11) is -2.06. The number of amides is 1. The van der Waals surface area contributed by atoms with Gasteiger partial charge in [0.2, 0.25) is 15.9 Å². The lowest BCUT2D eigenvalue weighted by Crippen LogP contribution is -2.45. The van der Waals surface area contributed by atoms with E-state index in [1.807, 2.05) is 45.0 Å². The van der Waals surface area contributed by atoms with Crippen LogP contribution in [0.25, 0.3) is 0 Å². The molecule has 1 N–H and O–H groups in total. The maximum atomic E-state index is 13.0. The van der Waals surface area contributed by atoms with E-state index in [2.05, 4.69) is 5.32 Å². The molecule has 0 unspecified atom stereocenters. The molecule has 3 rings (SSSR count). The molecule has 0 aliphatic carbocycles. The number of nitrogens with one attached hydrogen (secondary N) is 1. The van der Waals surface area contributed by atoms with Crippen LogP contribution in [-0.2, 0) is 21.2 Å². The van der Waals surface area contributed by atoms with Gasteiger partial charge in [-0.3, -0.25) is 9.10 Å². The van der Waals surface area contributed by atoms with Crippen molar-refractivity contribution in [3.8, 4) is 11.5 Å². The van der Waals surface area contributed by atoms with E-state index in [0.29, 0.717) is 30.0 Å². The minimum Gasteiger partial charge on any atom is -0.497 e. The van der Waals surface area contributed by atoms with E-state index in [1.165, 1.54) is 4.31 Å². The molecule has 0 radical (unpaired) electrons. The number of carbonyl (C=O) groups is 1. The number of rotatable bonds is 7. The van der Waals surface area contributed by atoms with Gasteiger partial charge < -0.3 is 14.8 Å². The molecule has 8 heteroatoms. The molecule has 0 bridgehead atoms. The number of para-hydroxylation sites is 1. The summed E-state index contributed by atoms with van der Waals surface area (Å²) in [6, 6.07) is 12.4. The van der Waals surface area contributed by atoms with Crippen LogP contribution in [0.4, 0.5) is 5.69 Å². The Bertz CT molecular complexity index is 1070. The first-order chi connectivity index (χ1) is 14.5. The average molecular weight is 447 g/mol. The topological polar surface area (TPSA) is 84.9 Å². The van der Waals surface area contributed by atoms with Gasteiger partial charge in [-0.05, 0) is 44.0 Å². The van der Waals surface area contributed by atoms with Gasteiger partial charge in [0, 0.05) is 18.1 Å². The van der Waals surface area contributed by atoms with Crippen molar-refractivity contribution in [2.45, 2.75) is 45.3 Å². The first kappa shape index (κ1) is 22.9. The number of hydrogen-bond acceptors (Lipinski definition) is 5. The molecule has 0 saturated carbocycles. The van der Waals surface area contributed by atoms with E-state index in [4.69, 9.17) is 9.47 Å². The number of sulfonamides is 1. The van der Waals surface area contributed by atoms with Crippen LogP contribution < -0.4 is 19.1 Å². The van der Waals surface area contributed by atoms with Crippen molar-refractivity contribution in [3.63, 3.8) is 0 Å². The van der Waals surface area contributed by atoms with E-state index in [-0.39, 0.29) is 18.5 Å². The first-order valence-electron chi connectivity index (χ1n) is 10.3. The summed E-state index contributed by atoms with van der Waals surface area (Å²) in [5.41, 5.74) is 1.74. The zero-order valence-corrected chi connectivity index (χ0v) is 19.5. The fraction of sp³-hybridized carbons (Fsp3) is 0.435. The lowest BCUT2D eigenvalue weighted by atomic mass is 9.89. The first-order valence-corrected chi connectivity index (χ1v) is 12.1. The fourth-order valence-corrected chi connectivity index (χ4v) is 4.78. The molecular weight excluding hydrogens is 416 g/mol. The molecule has 1 amide bonds. The summed E-state index contributed by atoms with van der Waals surface area (Å²) >= 11 is 0. The number of hydrogen-bond donors (Lipinski definition) is 1. The van der Waals surface area contributed by atoms with Gasteiger partial charge in [0.1, 0.15) is 23.6 Å². The lowest BCUT2D eigenvalue weighted by Gasteiger charge is -2.38. The lowest BCUT2D eigenvalue weighted by molar-refractivity contribution is -0.120. The Balaban J connectivity index is 1.86. The normalized spacial score (nSPS) is 17.3. The summed E-state index contributed by atoms with van der Waals surface area (Å²) in [4.78, 5) is 13.0. The highest BCUT2D eigenvalue weighted by atomic mass is 32.2. The van der Waals surface area contributed by atoms with Crippen molar-refractivity contribution in [1.82, 2.24) is 5.32 Å². The molecule has 2 aromatic carbocycles. The van der Waals surface area contributed by atoms with E-state index in [9.17, 15) is 13.2 Å². The molecular formula is C23H30N2O5S. The molecule has 1 aliphatic rings. The van der Waals surface area contributed by atoms with Crippen LogP contribution in [0, 0.1) is 0 Å². The summed E-state index contributed by atoms with van der Waals surface area (Å²) in [5, 5.41) is 3.01. The van der Waals surface area contributed by atoms with Crippen LogP contribution in [0.5, 0.6) is 11.5 Å². The number of fused-ring (bicyclic) bond motifs is 1. The molecule has 1 atom stereocenters. The largest absolute Gasteiger partial charge is 0.497 e. The number of ether oxygens (including phenoxy) is 2. The van der Waals surface area contributed by atoms with E-state index >= 15 is 0 Å². The van der Waals surface area contributed by atoms with Gasteiger partial charge in [-0.1, -0.05) is 25.1 Å². The molecule has 7 nitrogen and oxygen atoms in total. The highest BCUT2D eigenvalue weighted by Gasteiger charge is 2.35. The molecule has 1 heterocycles. The quantitative estimate of drug-likeness (QED) is 0.704. The van der Waals surface area contributed by atoms with Gasteiger partial charge >= 0.3 is 0 Å². The third-order valence-electron chi connectivity index (χ3n) is 5.34. The minimum absolute atomic E-state index is 0.293. The van der Waals surface area contributed by atoms with E-state index < -0.39 is 15.6 Å². The van der Waals surface area contributed by atoms with Crippen LogP contribution in [0.1, 0.15) is 44.4 Å². The van der Waals surface area contributed by atoms with Crippen molar-refractivity contribution < 1.29 is 22.7 Å². The average Bonchev–Trinajstić information content (AvgIpc) is 2.69. The predicted octanol–water partition coefficient (Wildman–Crippen LogP) is 3.44. The highest BCUT2D eigenvalue weighted by Crippen LogP contribution is 2.41. The van der Waals surface area contributed by atoms with Crippen LogP contribution >= 0.6 is 0 Å². The minimum atomic E-state index is -3.65. The number of anilines is 1. The van der Waals surface area contributed by atoms with Crippen LogP contribution in [0.3, 0.4) is 0 Å². The Hall–Kier alpha value is -2.74. The Labute approximate surface area is 184 Å². The molecule has 0 aromatic heterocycles. The zero-order valence-electron chi connectivity index (χ0n) is 18.6. The fourth-order valence-electron chi connectivity index (χ4n) is 3.89. The number of methoxy groups -OCH3 is 1. The molecule has 168 valence electrons. The van der Waals surface area contributed by atoms with Gasteiger partial charge in [-0.2, -0.15) is 0 Å². The third-order valence-corrected chi connectivity index (χ3v) is 6.47. The zero-order chi connectivity index (χ0) is 22.8. The Kier molecular flexibility index (Phi) is 6.50. The molecule has 31 heavy (non-hydrogen) atoms. The van der Waals surface area contributed by atoms with E-state index in [1.54, 1.807) is 25.3 Å². The molecule has 1 aliphatic heterocycles. The highest BCUT2D eigenvalue weighted by molar-refractivity contribution is 7.92. The van der Waals surface area contributed by atoms with Crippen molar-refractivity contribution in [1.29, 1.82) is 0 Å². The van der Waals surface area contributed by atoms with Gasteiger partial charge in [0.15, 0.2) is 0 Å². The van der Waals surface area contributed by atoms with Crippen molar-refractivity contribution >= 4 is 21.6 Å². The van der Waals surface area contributed by atoms with Gasteiger partial charge in [-0.15, -0.1) is 0 Å². The maximum absolute atomic E-state index is 13.0. The number of carbonyl (C=O) groups excluding carboxylic acids is 1. The van der Waals surface area contributed by atoms with Gasteiger partial charge in [0.05, 0.1) is 25.1 Å². The van der Waals surface area contributed by atoms with Crippen molar-refractivity contribution in [3.05, 3.63) is 53.6 Å². The van der Waals surface area contributed by atoms with Gasteiger partial charge in [0.25, 0.3) is 0 Å². The Morgan fingerprint density at radius 3 is 2.61 bits per heavy atom. The van der Waals surface area contributed by atoms with Crippen LogP contribution in [-0.4, -0.2) is 39.8 Å². The standard InChI is InChI=1S/C23H30N2O5S/c1-6-16-9-7-8-10-20(16)25(31(5,27)28)15-22(26)24-19-14-23(2,3)30-21-13-17(29-4)11-12-18(19)21/h7-13,19H,6,14-15H2,1-5H3,(H,24,26)/t19-/m0/s1. The van der Waals surface area contributed by atoms with Crippen LogP contribution in [0.15, 0.2) is 42.5 Å². The number of nitrogens with zero attached hydrogens (tertiary/aromatic N) is 1. The summed E-state index contributed by atoms with van der Waals surface area (Å²) in [6.07, 6.45) is 2.33. The summed E-state index contributed by atoms with van der Waals surface area (Å²) in [6.45, 7) is 5.57. The van der Waals surface area contributed by atoms with Crippen LogP contribution in [0.2, 0.25) is 0 Å². The molecule has 0 spiro atoms. The second kappa shape index (κ2) is 8.78. The smallest absolute Gasteiger partial charge is 0.241 e. The molecule has 2 aromatic rings. The maximum Gasteiger partial charge on any atom is 0.241 e. The number of benzene rings is 2. The summed E-state index contributed by atoms with van der Waals surface area (Å²) in [5.74, 6) is 0.943. The Morgan fingerprint density at radius 2 is 1.97 bits per heavy atom. The monoisotopic (exact) mass is 446 g/mol. The van der Waals surface area contributed by atoms with Gasteiger partial charge in [-0.25, -0.2) is 8.42 Å². The second-order valence-corrected chi connectivity index (χ2v) is 10.2. The Morgan fingerprint density at radius 1 is 1.26 bits per heavy atom. The molecule has 0 fully saturated rings. The molecule has 0 saturated heterocycles. The van der Waals surface area contributed by atoms with Crippen molar-refractivity contribution in [2.75, 3.05) is 24.2 Å². The van der Waals surface area contributed by atoms with E-state index in [0.717, 1.165) is 17.4 Å². The summed E-state index contributed by atoms with van der Waals surface area (Å²) < 4.78 is 37.5.